The van der Waals surface area contributed by atoms with Crippen LogP contribution in [0.1, 0.15) is 11.1 Å². The summed E-state index contributed by atoms with van der Waals surface area (Å²) in [5.41, 5.74) is 2.89. The van der Waals surface area contributed by atoms with E-state index in [2.05, 4.69) is 10.3 Å². The number of carbonyl (C=O) groups excluding carboxylic acids is 1. The Morgan fingerprint density at radius 1 is 1.03 bits per heavy atom. The number of halogens is 1. The third-order valence-electron chi connectivity index (χ3n) is 4.93. The van der Waals surface area contributed by atoms with Crippen LogP contribution in [0.3, 0.4) is 0 Å². The van der Waals surface area contributed by atoms with Crippen molar-refractivity contribution < 1.29 is 9.18 Å². The summed E-state index contributed by atoms with van der Waals surface area (Å²) in [5, 5.41) is 3.21. The molecule has 0 radical (unpaired) electrons. The predicted molar refractivity (Wildman–Crippen MR) is 116 cm³/mol. The molecule has 3 aromatic carbocycles. The molecular weight excluding hydrogens is 381 g/mol. The second kappa shape index (κ2) is 7.91. The molecule has 0 aliphatic carbocycles. The van der Waals surface area contributed by atoms with Crippen molar-refractivity contribution in [3.05, 3.63) is 94.0 Å². The SMILES string of the molecule is Cc1ccc(NC(=O)Cn2c(-c3ccccc3F)nc3ccccc3c2=O)c(C)c1. The van der Waals surface area contributed by atoms with Crippen molar-refractivity contribution >= 4 is 22.5 Å². The highest BCUT2D eigenvalue weighted by Gasteiger charge is 2.18. The molecule has 5 nitrogen and oxygen atoms in total. The molecule has 30 heavy (non-hydrogen) atoms. The number of para-hydroxylation sites is 1. The molecule has 4 aromatic rings. The fourth-order valence-electron chi connectivity index (χ4n) is 3.45. The van der Waals surface area contributed by atoms with Crippen LogP contribution in [0, 0.1) is 19.7 Å². The first-order chi connectivity index (χ1) is 14.4. The Bertz CT molecular complexity index is 1330. The highest BCUT2D eigenvalue weighted by atomic mass is 19.1. The minimum absolute atomic E-state index is 0.118. The molecular formula is C24H20FN3O2. The van der Waals surface area contributed by atoms with E-state index in [1.165, 1.54) is 10.6 Å². The molecule has 0 saturated carbocycles. The number of benzene rings is 3. The molecule has 0 spiro atoms. The molecule has 0 fully saturated rings. The van der Waals surface area contributed by atoms with Crippen molar-refractivity contribution in [3.8, 4) is 11.4 Å². The zero-order valence-corrected chi connectivity index (χ0v) is 16.6. The maximum absolute atomic E-state index is 14.5. The molecule has 4 rings (SSSR count). The van der Waals surface area contributed by atoms with Crippen molar-refractivity contribution in [1.82, 2.24) is 9.55 Å². The minimum Gasteiger partial charge on any atom is -0.324 e. The van der Waals surface area contributed by atoms with Crippen LogP contribution in [-0.2, 0) is 11.3 Å². The number of hydrogen-bond acceptors (Lipinski definition) is 3. The Labute approximate surface area is 172 Å². The normalized spacial score (nSPS) is 10.9. The van der Waals surface area contributed by atoms with Crippen LogP contribution in [0.5, 0.6) is 0 Å². The van der Waals surface area contributed by atoms with Gasteiger partial charge in [0.2, 0.25) is 5.91 Å². The van der Waals surface area contributed by atoms with E-state index < -0.39 is 17.3 Å². The van der Waals surface area contributed by atoms with Crippen LogP contribution in [0.2, 0.25) is 0 Å². The average molecular weight is 401 g/mol. The molecule has 1 N–H and O–H groups in total. The van der Waals surface area contributed by atoms with Crippen molar-refractivity contribution in [2.24, 2.45) is 0 Å². The van der Waals surface area contributed by atoms with Gasteiger partial charge < -0.3 is 5.32 Å². The molecule has 1 aromatic heterocycles. The van der Waals surface area contributed by atoms with Gasteiger partial charge in [-0.05, 0) is 49.7 Å². The van der Waals surface area contributed by atoms with E-state index in [-0.39, 0.29) is 17.9 Å². The first-order valence-electron chi connectivity index (χ1n) is 9.55. The summed E-state index contributed by atoms with van der Waals surface area (Å²) in [6.45, 7) is 3.59. The van der Waals surface area contributed by atoms with E-state index in [1.54, 1.807) is 42.5 Å². The first-order valence-corrected chi connectivity index (χ1v) is 9.55. The Balaban J connectivity index is 1.80. The maximum Gasteiger partial charge on any atom is 0.262 e. The van der Waals surface area contributed by atoms with Gasteiger partial charge in [0.05, 0.1) is 16.5 Å². The number of nitrogens with zero attached hydrogens (tertiary/aromatic N) is 2. The maximum atomic E-state index is 14.5. The van der Waals surface area contributed by atoms with Gasteiger partial charge in [0.1, 0.15) is 18.2 Å². The van der Waals surface area contributed by atoms with Gasteiger partial charge in [0.25, 0.3) is 5.56 Å². The topological polar surface area (TPSA) is 64.0 Å². The number of carbonyl (C=O) groups is 1. The Kier molecular flexibility index (Phi) is 5.14. The number of nitrogens with one attached hydrogen (secondary N) is 1. The number of fused-ring (bicyclic) bond motifs is 1. The lowest BCUT2D eigenvalue weighted by Crippen LogP contribution is -2.30. The lowest BCUT2D eigenvalue weighted by molar-refractivity contribution is -0.116. The van der Waals surface area contributed by atoms with Gasteiger partial charge in [-0.2, -0.15) is 0 Å². The summed E-state index contributed by atoms with van der Waals surface area (Å²) >= 11 is 0. The molecule has 1 amide bonds. The number of anilines is 1. The molecule has 150 valence electrons. The van der Waals surface area contributed by atoms with Gasteiger partial charge in [0, 0.05) is 5.69 Å². The van der Waals surface area contributed by atoms with Crippen LogP contribution in [-0.4, -0.2) is 15.5 Å². The molecule has 0 bridgehead atoms. The van der Waals surface area contributed by atoms with Crippen LogP contribution in [0.4, 0.5) is 10.1 Å². The van der Waals surface area contributed by atoms with Gasteiger partial charge in [-0.25, -0.2) is 9.37 Å². The molecule has 0 unspecified atom stereocenters. The van der Waals surface area contributed by atoms with Crippen LogP contribution < -0.4 is 10.9 Å². The van der Waals surface area contributed by atoms with Crippen molar-refractivity contribution in [3.63, 3.8) is 0 Å². The fourth-order valence-corrected chi connectivity index (χ4v) is 3.45. The third kappa shape index (κ3) is 3.72. The van der Waals surface area contributed by atoms with Gasteiger partial charge in [-0.1, -0.05) is 42.0 Å². The monoisotopic (exact) mass is 401 g/mol. The number of rotatable bonds is 4. The summed E-state index contributed by atoms with van der Waals surface area (Å²) in [5.74, 6) is -0.783. The second-order valence-corrected chi connectivity index (χ2v) is 7.19. The predicted octanol–water partition coefficient (Wildman–Crippen LogP) is 4.46. The number of amides is 1. The van der Waals surface area contributed by atoms with E-state index in [1.807, 2.05) is 32.0 Å². The van der Waals surface area contributed by atoms with Crippen molar-refractivity contribution in [2.45, 2.75) is 20.4 Å². The molecule has 0 saturated heterocycles. The molecule has 1 heterocycles. The van der Waals surface area contributed by atoms with E-state index in [0.717, 1.165) is 11.1 Å². The van der Waals surface area contributed by atoms with Crippen molar-refractivity contribution in [2.75, 3.05) is 5.32 Å². The number of aryl methyl sites for hydroxylation is 2. The van der Waals surface area contributed by atoms with Gasteiger partial charge in [0.15, 0.2) is 0 Å². The van der Waals surface area contributed by atoms with Gasteiger partial charge >= 0.3 is 0 Å². The fraction of sp³-hybridized carbons (Fsp3) is 0.125. The summed E-state index contributed by atoms with van der Waals surface area (Å²) in [7, 11) is 0. The standard InChI is InChI=1S/C24H20FN3O2/c1-15-11-12-20(16(2)13-15)26-22(29)14-28-23(17-7-3-5-9-19(17)25)27-21-10-6-4-8-18(21)24(28)30/h3-13H,14H2,1-2H3,(H,26,29). The number of aromatic nitrogens is 2. The third-order valence-corrected chi connectivity index (χ3v) is 4.93. The van der Waals surface area contributed by atoms with Crippen LogP contribution >= 0.6 is 0 Å². The van der Waals surface area contributed by atoms with Crippen LogP contribution in [0.25, 0.3) is 22.3 Å². The Morgan fingerprint density at radius 2 is 1.77 bits per heavy atom. The smallest absolute Gasteiger partial charge is 0.262 e. The summed E-state index contributed by atoms with van der Waals surface area (Å²) in [6, 6.07) is 18.6. The molecule has 6 heteroatoms. The highest BCUT2D eigenvalue weighted by molar-refractivity contribution is 5.92. The lowest BCUT2D eigenvalue weighted by atomic mass is 10.1. The zero-order chi connectivity index (χ0) is 21.3. The Hall–Kier alpha value is -3.80. The largest absolute Gasteiger partial charge is 0.324 e. The highest BCUT2D eigenvalue weighted by Crippen LogP contribution is 2.22. The lowest BCUT2D eigenvalue weighted by Gasteiger charge is -2.15. The first kappa shape index (κ1) is 19.5. The quantitative estimate of drug-likeness (QED) is 0.549. The van der Waals surface area contributed by atoms with Gasteiger partial charge in [-0.3, -0.25) is 14.2 Å². The minimum atomic E-state index is -0.511. The van der Waals surface area contributed by atoms with Crippen LogP contribution in [0.15, 0.2) is 71.5 Å². The van der Waals surface area contributed by atoms with Gasteiger partial charge in [-0.15, -0.1) is 0 Å². The van der Waals surface area contributed by atoms with E-state index in [0.29, 0.717) is 16.6 Å². The summed E-state index contributed by atoms with van der Waals surface area (Å²) < 4.78 is 15.7. The van der Waals surface area contributed by atoms with E-state index >= 15 is 0 Å². The van der Waals surface area contributed by atoms with Crippen molar-refractivity contribution in [1.29, 1.82) is 0 Å². The second-order valence-electron chi connectivity index (χ2n) is 7.19. The molecule has 0 atom stereocenters. The Morgan fingerprint density at radius 3 is 2.53 bits per heavy atom. The summed E-state index contributed by atoms with van der Waals surface area (Å²) in [4.78, 5) is 30.4. The zero-order valence-electron chi connectivity index (χ0n) is 16.6. The van der Waals surface area contributed by atoms with E-state index in [4.69, 9.17) is 0 Å². The van der Waals surface area contributed by atoms with E-state index in [9.17, 15) is 14.0 Å². The molecule has 0 aliphatic heterocycles. The summed E-state index contributed by atoms with van der Waals surface area (Å²) in [6.07, 6.45) is 0. The number of hydrogen-bond donors (Lipinski definition) is 1. The average Bonchev–Trinajstić information content (AvgIpc) is 2.73. The molecule has 0 aliphatic rings.